The Bertz CT molecular complexity index is 4420. The SMILES string of the molecule is CC(C)(C)c1ccc2c(c1)c1cc3ccccc3c3c4nc5c(cc4n2c13)c1cc(C(C)(C)C)cc2c3cc(C(C)(C)C)cc(-c4ccc6c(c4)c4ccccc4n6-c4ccccc4)c3n5c12. The Morgan fingerprint density at radius 3 is 1.70 bits per heavy atom. The molecule has 14 rings (SSSR count). The fraction of sp³-hybridized carbons (Fsp3) is 0.190. The van der Waals surface area contributed by atoms with Crippen molar-refractivity contribution >= 4 is 109 Å². The van der Waals surface area contributed by atoms with Gasteiger partial charge in [-0.15, -0.1) is 0 Å². The number of pyridine rings is 1. The second-order valence-corrected chi connectivity index (χ2v) is 22.5. The van der Waals surface area contributed by atoms with Gasteiger partial charge in [0.25, 0.3) is 0 Å². The smallest absolute Gasteiger partial charge is 0.146 e. The van der Waals surface area contributed by atoms with Gasteiger partial charge in [0, 0.05) is 59.7 Å². The predicted octanol–water partition coefficient (Wildman–Crippen LogP) is 17.2. The van der Waals surface area contributed by atoms with Gasteiger partial charge in [0.15, 0.2) is 0 Å². The molecule has 0 N–H and O–H groups in total. The number of para-hydroxylation sites is 2. The molecule has 0 bridgehead atoms. The highest BCUT2D eigenvalue weighted by atomic mass is 15.0. The van der Waals surface area contributed by atoms with Crippen LogP contribution in [-0.4, -0.2) is 18.4 Å². The van der Waals surface area contributed by atoms with Crippen molar-refractivity contribution in [3.8, 4) is 16.8 Å². The van der Waals surface area contributed by atoms with E-state index in [-0.39, 0.29) is 16.2 Å². The summed E-state index contributed by atoms with van der Waals surface area (Å²) in [5.74, 6) is 0. The zero-order valence-electron chi connectivity index (χ0n) is 39.7. The lowest BCUT2D eigenvalue weighted by Gasteiger charge is -2.22. The number of benzene rings is 8. The van der Waals surface area contributed by atoms with Gasteiger partial charge in [-0.1, -0.05) is 135 Å². The van der Waals surface area contributed by atoms with E-state index in [1.54, 1.807) is 0 Å². The first-order valence-electron chi connectivity index (χ1n) is 24.0. The molecule has 4 heteroatoms. The van der Waals surface area contributed by atoms with Crippen molar-refractivity contribution in [1.82, 2.24) is 18.4 Å². The van der Waals surface area contributed by atoms with Gasteiger partial charge >= 0.3 is 0 Å². The van der Waals surface area contributed by atoms with Crippen LogP contribution in [0.4, 0.5) is 0 Å². The van der Waals surface area contributed by atoms with E-state index in [0.29, 0.717) is 0 Å². The average molecular weight is 865 g/mol. The van der Waals surface area contributed by atoms with Crippen LogP contribution in [0.3, 0.4) is 0 Å². The van der Waals surface area contributed by atoms with Crippen LogP contribution in [0, 0.1) is 0 Å². The Kier molecular flexibility index (Phi) is 7.36. The van der Waals surface area contributed by atoms with Crippen LogP contribution in [0.1, 0.15) is 79.0 Å². The lowest BCUT2D eigenvalue weighted by atomic mass is 9.83. The highest BCUT2D eigenvalue weighted by Gasteiger charge is 2.30. The summed E-state index contributed by atoms with van der Waals surface area (Å²) in [6, 6.07) is 57.7. The third kappa shape index (κ3) is 5.16. The minimum absolute atomic E-state index is 0.0334. The molecule has 324 valence electrons. The largest absolute Gasteiger partial charge is 0.309 e. The summed E-state index contributed by atoms with van der Waals surface area (Å²) in [6.07, 6.45) is 0. The number of fused-ring (bicyclic) bond motifs is 17. The molecule has 0 spiro atoms. The van der Waals surface area contributed by atoms with E-state index in [9.17, 15) is 0 Å². The standard InChI is InChI=1S/C63H52N4/c1-61(2,3)37-24-26-53-45(29-37)46-28-35-17-13-14-20-41(35)55-56-54(66(53)59(46)55)34-50-49-33-39(63(7,8)9)32-48-47-31-38(62(4,5)6)30-43(57(47)67(58(48)49)60(50)64-56)36-23-25-52-44(27-36)42-21-15-16-22-51(42)65(52)40-18-11-10-12-19-40/h10-34H,1-9H3. The normalized spacial score (nSPS) is 13.4. The van der Waals surface area contributed by atoms with Crippen molar-refractivity contribution in [2.75, 3.05) is 0 Å². The number of hydrogen-bond acceptors (Lipinski definition) is 1. The fourth-order valence-corrected chi connectivity index (χ4v) is 11.8. The molecule has 14 aromatic rings. The maximum absolute atomic E-state index is 5.99. The predicted molar refractivity (Wildman–Crippen MR) is 287 cm³/mol. The molecule has 6 aromatic heterocycles. The lowest BCUT2D eigenvalue weighted by Crippen LogP contribution is -2.11. The van der Waals surface area contributed by atoms with Crippen LogP contribution in [0.15, 0.2) is 152 Å². The first-order chi connectivity index (χ1) is 32.1. The van der Waals surface area contributed by atoms with Gasteiger partial charge in [-0.05, 0) is 128 Å². The average Bonchev–Trinajstić information content (AvgIpc) is 4.09. The maximum atomic E-state index is 5.99. The van der Waals surface area contributed by atoms with Crippen molar-refractivity contribution in [2.45, 2.75) is 78.6 Å². The molecule has 0 unspecified atom stereocenters. The van der Waals surface area contributed by atoms with Crippen molar-refractivity contribution in [1.29, 1.82) is 0 Å². The zero-order valence-corrected chi connectivity index (χ0v) is 39.7. The Labute approximate surface area is 389 Å². The Morgan fingerprint density at radius 1 is 0.373 bits per heavy atom. The molecule has 0 atom stereocenters. The molecule has 8 aromatic carbocycles. The number of rotatable bonds is 2. The lowest BCUT2D eigenvalue weighted by molar-refractivity contribution is 0.591. The van der Waals surface area contributed by atoms with Crippen LogP contribution in [0.2, 0.25) is 0 Å². The summed E-state index contributed by atoms with van der Waals surface area (Å²) >= 11 is 0. The van der Waals surface area contributed by atoms with Gasteiger partial charge in [-0.3, -0.25) is 4.40 Å². The van der Waals surface area contributed by atoms with Crippen molar-refractivity contribution in [3.63, 3.8) is 0 Å². The van der Waals surface area contributed by atoms with Crippen LogP contribution in [0.25, 0.3) is 126 Å². The summed E-state index contributed by atoms with van der Waals surface area (Å²) in [7, 11) is 0. The maximum Gasteiger partial charge on any atom is 0.146 e. The van der Waals surface area contributed by atoms with E-state index in [4.69, 9.17) is 4.98 Å². The van der Waals surface area contributed by atoms with Gasteiger partial charge in [0.1, 0.15) is 5.65 Å². The van der Waals surface area contributed by atoms with E-state index in [0.717, 1.165) is 16.7 Å². The van der Waals surface area contributed by atoms with E-state index >= 15 is 0 Å². The molecular formula is C63H52N4. The first kappa shape index (κ1) is 38.8. The highest BCUT2D eigenvalue weighted by molar-refractivity contribution is 6.33. The van der Waals surface area contributed by atoms with Gasteiger partial charge in [-0.2, -0.15) is 0 Å². The third-order valence-corrected chi connectivity index (χ3v) is 15.3. The first-order valence-corrected chi connectivity index (χ1v) is 24.0. The molecule has 0 aliphatic heterocycles. The zero-order chi connectivity index (χ0) is 45.6. The van der Waals surface area contributed by atoms with Gasteiger partial charge in [0.2, 0.25) is 0 Å². The third-order valence-electron chi connectivity index (χ3n) is 15.3. The second kappa shape index (κ2) is 12.7. The number of aromatic nitrogens is 4. The quantitative estimate of drug-likeness (QED) is 0.170. The molecule has 0 fully saturated rings. The van der Waals surface area contributed by atoms with Gasteiger partial charge in [-0.25, -0.2) is 4.98 Å². The minimum Gasteiger partial charge on any atom is -0.309 e. The van der Waals surface area contributed by atoms with E-state index in [1.165, 1.54) is 126 Å². The molecular weight excluding hydrogens is 813 g/mol. The molecule has 0 aliphatic carbocycles. The monoisotopic (exact) mass is 864 g/mol. The van der Waals surface area contributed by atoms with Crippen LogP contribution in [0.5, 0.6) is 0 Å². The summed E-state index contributed by atoms with van der Waals surface area (Å²) in [5.41, 5.74) is 18.1. The Morgan fingerprint density at radius 2 is 0.955 bits per heavy atom. The number of hydrogen-bond donors (Lipinski definition) is 0. The summed E-state index contributed by atoms with van der Waals surface area (Å²) in [6.45, 7) is 21.0. The summed E-state index contributed by atoms with van der Waals surface area (Å²) < 4.78 is 7.49. The van der Waals surface area contributed by atoms with Crippen LogP contribution >= 0.6 is 0 Å². The molecule has 0 saturated carbocycles. The summed E-state index contributed by atoms with van der Waals surface area (Å²) in [4.78, 5) is 5.99. The fourth-order valence-electron chi connectivity index (χ4n) is 11.8. The number of nitrogens with zero attached hydrogens (tertiary/aromatic N) is 4. The molecule has 0 saturated heterocycles. The Hall–Kier alpha value is -7.43. The van der Waals surface area contributed by atoms with E-state index in [2.05, 4.69) is 227 Å². The molecule has 0 amide bonds. The van der Waals surface area contributed by atoms with Gasteiger partial charge in [0.05, 0.1) is 44.1 Å². The topological polar surface area (TPSA) is 26.6 Å². The molecule has 6 heterocycles. The van der Waals surface area contributed by atoms with Crippen molar-refractivity contribution in [3.05, 3.63) is 168 Å². The van der Waals surface area contributed by atoms with E-state index in [1.807, 2.05) is 0 Å². The van der Waals surface area contributed by atoms with Crippen LogP contribution < -0.4 is 0 Å². The summed E-state index contributed by atoms with van der Waals surface area (Å²) in [5, 5.41) is 13.8. The van der Waals surface area contributed by atoms with Crippen molar-refractivity contribution < 1.29 is 0 Å². The Balaban J connectivity index is 1.16. The second-order valence-electron chi connectivity index (χ2n) is 22.5. The molecule has 67 heavy (non-hydrogen) atoms. The van der Waals surface area contributed by atoms with E-state index < -0.39 is 0 Å². The van der Waals surface area contributed by atoms with Crippen LogP contribution in [-0.2, 0) is 16.2 Å². The highest BCUT2D eigenvalue weighted by Crippen LogP contribution is 2.49. The molecule has 0 aliphatic rings. The molecule has 4 nitrogen and oxygen atoms in total. The molecule has 0 radical (unpaired) electrons. The van der Waals surface area contributed by atoms with Crippen molar-refractivity contribution in [2.24, 2.45) is 0 Å². The van der Waals surface area contributed by atoms with Gasteiger partial charge < -0.3 is 8.97 Å². The minimum atomic E-state index is -0.0833.